The number of ether oxygens (including phenoxy) is 1. The van der Waals surface area contributed by atoms with E-state index in [1.807, 2.05) is 6.07 Å². The minimum Gasteiger partial charge on any atom is -0.479 e. The quantitative estimate of drug-likeness (QED) is 0.804. The summed E-state index contributed by atoms with van der Waals surface area (Å²) >= 11 is 0. The summed E-state index contributed by atoms with van der Waals surface area (Å²) < 4.78 is 5.11. The van der Waals surface area contributed by atoms with Crippen molar-refractivity contribution in [1.29, 1.82) is 5.26 Å². The molecule has 0 heterocycles. The maximum atomic E-state index is 11.5. The van der Waals surface area contributed by atoms with Crippen molar-refractivity contribution < 1.29 is 14.4 Å². The molecular formula is C11H13N3O3. The minimum atomic E-state index is -0.398. The summed E-state index contributed by atoms with van der Waals surface area (Å²) in [5.74, 6) is 0.518. The Balaban J connectivity index is 2.66. The van der Waals surface area contributed by atoms with Gasteiger partial charge < -0.3 is 10.1 Å². The molecule has 0 saturated heterocycles. The fraction of sp³-hybridized carbons (Fsp3) is 0.273. The van der Waals surface area contributed by atoms with Gasteiger partial charge in [-0.05, 0) is 12.1 Å². The van der Waals surface area contributed by atoms with Gasteiger partial charge in [-0.2, -0.15) is 5.26 Å². The normalized spacial score (nSPS) is 9.24. The van der Waals surface area contributed by atoms with E-state index >= 15 is 0 Å². The van der Waals surface area contributed by atoms with Gasteiger partial charge >= 0.3 is 6.03 Å². The van der Waals surface area contributed by atoms with E-state index < -0.39 is 6.03 Å². The van der Waals surface area contributed by atoms with Crippen LogP contribution in [0.5, 0.6) is 5.75 Å². The van der Waals surface area contributed by atoms with Crippen LogP contribution in [-0.2, 0) is 4.84 Å². The van der Waals surface area contributed by atoms with Gasteiger partial charge in [0.2, 0.25) is 0 Å². The standard InChI is InChI=1S/C11H13N3O3/c1-14(16-2)11(15)13-9-4-3-5-10(8-9)17-7-6-12/h3-5,8H,7H2,1-2H3,(H,13,15). The lowest BCUT2D eigenvalue weighted by molar-refractivity contribution is -0.0598. The number of carbonyl (C=O) groups excluding carboxylic acids is 1. The van der Waals surface area contributed by atoms with Gasteiger partial charge in [-0.25, -0.2) is 9.86 Å². The third-order valence-corrected chi connectivity index (χ3v) is 1.95. The number of hydroxylamine groups is 2. The minimum absolute atomic E-state index is 0.0324. The number of hydrogen-bond donors (Lipinski definition) is 1. The van der Waals surface area contributed by atoms with E-state index in [-0.39, 0.29) is 6.61 Å². The van der Waals surface area contributed by atoms with Crippen molar-refractivity contribution in [3.05, 3.63) is 24.3 Å². The molecule has 1 N–H and O–H groups in total. The molecule has 2 amide bonds. The van der Waals surface area contributed by atoms with Gasteiger partial charge in [-0.3, -0.25) is 4.84 Å². The van der Waals surface area contributed by atoms with Crippen LogP contribution in [-0.4, -0.2) is 31.9 Å². The summed E-state index contributed by atoms with van der Waals surface area (Å²) in [7, 11) is 2.89. The van der Waals surface area contributed by atoms with Gasteiger partial charge in [-0.15, -0.1) is 0 Å². The molecule has 6 nitrogen and oxygen atoms in total. The fourth-order valence-electron chi connectivity index (χ4n) is 1.06. The van der Waals surface area contributed by atoms with Crippen LogP contribution >= 0.6 is 0 Å². The van der Waals surface area contributed by atoms with Crippen LogP contribution in [0.25, 0.3) is 0 Å². The highest BCUT2D eigenvalue weighted by atomic mass is 16.7. The highest BCUT2D eigenvalue weighted by Crippen LogP contribution is 2.17. The molecule has 0 unspecified atom stereocenters. The molecule has 0 fully saturated rings. The Labute approximate surface area is 99.3 Å². The number of amides is 2. The van der Waals surface area contributed by atoms with Crippen molar-refractivity contribution in [2.45, 2.75) is 0 Å². The van der Waals surface area contributed by atoms with Crippen LogP contribution in [0.15, 0.2) is 24.3 Å². The first-order valence-corrected chi connectivity index (χ1v) is 4.86. The molecule has 17 heavy (non-hydrogen) atoms. The maximum Gasteiger partial charge on any atom is 0.345 e. The van der Waals surface area contributed by atoms with Crippen molar-refractivity contribution in [3.8, 4) is 11.8 Å². The van der Waals surface area contributed by atoms with Crippen molar-refractivity contribution in [3.63, 3.8) is 0 Å². The number of urea groups is 1. The molecule has 1 aromatic carbocycles. The smallest absolute Gasteiger partial charge is 0.345 e. The van der Waals surface area contributed by atoms with E-state index in [1.54, 1.807) is 24.3 Å². The van der Waals surface area contributed by atoms with Gasteiger partial charge in [0.25, 0.3) is 0 Å². The van der Waals surface area contributed by atoms with Crippen molar-refractivity contribution >= 4 is 11.7 Å². The van der Waals surface area contributed by atoms with Gasteiger partial charge in [0.1, 0.15) is 11.8 Å². The first kappa shape index (κ1) is 12.8. The average molecular weight is 235 g/mol. The number of nitrogens with one attached hydrogen (secondary N) is 1. The van der Waals surface area contributed by atoms with E-state index in [1.165, 1.54) is 14.2 Å². The molecule has 0 bridgehead atoms. The van der Waals surface area contributed by atoms with Crippen LogP contribution in [0.4, 0.5) is 10.5 Å². The molecular weight excluding hydrogens is 222 g/mol. The molecule has 0 aromatic heterocycles. The Morgan fingerprint density at radius 1 is 1.59 bits per heavy atom. The highest BCUT2D eigenvalue weighted by molar-refractivity contribution is 5.88. The molecule has 1 rings (SSSR count). The summed E-state index contributed by atoms with van der Waals surface area (Å²) in [6.45, 7) is -0.0324. The molecule has 0 aliphatic rings. The zero-order valence-corrected chi connectivity index (χ0v) is 9.64. The van der Waals surface area contributed by atoms with Gasteiger partial charge in [0.05, 0.1) is 7.11 Å². The number of carbonyl (C=O) groups is 1. The summed E-state index contributed by atoms with van der Waals surface area (Å²) in [5.41, 5.74) is 0.564. The Bertz CT molecular complexity index is 428. The van der Waals surface area contributed by atoms with Gasteiger partial charge in [0, 0.05) is 18.8 Å². The molecule has 0 radical (unpaired) electrons. The number of rotatable bonds is 4. The van der Waals surface area contributed by atoms with Crippen molar-refractivity contribution in [2.24, 2.45) is 0 Å². The Morgan fingerprint density at radius 3 is 3.00 bits per heavy atom. The van der Waals surface area contributed by atoms with E-state index in [0.29, 0.717) is 11.4 Å². The third kappa shape index (κ3) is 4.01. The second kappa shape index (κ2) is 6.35. The van der Waals surface area contributed by atoms with Gasteiger partial charge in [0.15, 0.2) is 6.61 Å². The van der Waals surface area contributed by atoms with Crippen LogP contribution in [0.2, 0.25) is 0 Å². The lowest BCUT2D eigenvalue weighted by atomic mass is 10.3. The molecule has 90 valence electrons. The number of nitriles is 1. The monoisotopic (exact) mass is 235 g/mol. The second-order valence-corrected chi connectivity index (χ2v) is 3.08. The molecule has 0 saturated carbocycles. The Morgan fingerprint density at radius 2 is 2.35 bits per heavy atom. The van der Waals surface area contributed by atoms with E-state index in [0.717, 1.165) is 5.06 Å². The zero-order valence-electron chi connectivity index (χ0n) is 9.64. The van der Waals surface area contributed by atoms with Gasteiger partial charge in [-0.1, -0.05) is 6.07 Å². The second-order valence-electron chi connectivity index (χ2n) is 3.08. The molecule has 0 atom stereocenters. The molecule has 0 aliphatic heterocycles. The third-order valence-electron chi connectivity index (χ3n) is 1.95. The fourth-order valence-corrected chi connectivity index (χ4v) is 1.06. The predicted octanol–water partition coefficient (Wildman–Crippen LogP) is 1.61. The summed E-state index contributed by atoms with van der Waals surface area (Å²) in [4.78, 5) is 16.2. The number of benzene rings is 1. The lowest BCUT2D eigenvalue weighted by Crippen LogP contribution is -2.30. The topological polar surface area (TPSA) is 74.6 Å². The SMILES string of the molecule is CON(C)C(=O)Nc1cccc(OCC#N)c1. The number of anilines is 1. The Hall–Kier alpha value is -2.26. The largest absolute Gasteiger partial charge is 0.479 e. The Kier molecular flexibility index (Phi) is 4.78. The summed E-state index contributed by atoms with van der Waals surface area (Å²) in [6, 6.07) is 8.22. The first-order valence-electron chi connectivity index (χ1n) is 4.86. The van der Waals surface area contributed by atoms with Crippen LogP contribution in [0.3, 0.4) is 0 Å². The number of nitrogens with zero attached hydrogens (tertiary/aromatic N) is 2. The predicted molar refractivity (Wildman–Crippen MR) is 61.3 cm³/mol. The van der Waals surface area contributed by atoms with Crippen LogP contribution in [0, 0.1) is 11.3 Å². The van der Waals surface area contributed by atoms with Crippen molar-refractivity contribution in [2.75, 3.05) is 26.1 Å². The van der Waals surface area contributed by atoms with E-state index in [2.05, 4.69) is 5.32 Å². The lowest BCUT2D eigenvalue weighted by Gasteiger charge is -2.14. The first-order chi connectivity index (χ1) is 8.17. The molecule has 0 aliphatic carbocycles. The van der Waals surface area contributed by atoms with Crippen molar-refractivity contribution in [1.82, 2.24) is 5.06 Å². The number of hydrogen-bond acceptors (Lipinski definition) is 4. The molecule has 0 spiro atoms. The summed E-state index contributed by atoms with van der Waals surface area (Å²) in [6.07, 6.45) is 0. The highest BCUT2D eigenvalue weighted by Gasteiger charge is 2.07. The van der Waals surface area contributed by atoms with Crippen LogP contribution < -0.4 is 10.1 Å². The average Bonchev–Trinajstić information content (AvgIpc) is 2.35. The van der Waals surface area contributed by atoms with E-state index in [9.17, 15) is 4.79 Å². The summed E-state index contributed by atoms with van der Waals surface area (Å²) in [5, 5.41) is 12.0. The molecule has 1 aromatic rings. The molecule has 6 heteroatoms. The maximum absolute atomic E-state index is 11.5. The van der Waals surface area contributed by atoms with Crippen LogP contribution in [0.1, 0.15) is 0 Å². The zero-order chi connectivity index (χ0) is 12.7. The van der Waals surface area contributed by atoms with E-state index in [4.69, 9.17) is 14.8 Å².